The molecule has 128 valence electrons. The number of ether oxygens (including phenoxy) is 1. The Bertz CT molecular complexity index is 831. The summed E-state index contributed by atoms with van der Waals surface area (Å²) in [6, 6.07) is 15.9. The van der Waals surface area contributed by atoms with Crippen molar-refractivity contribution in [1.29, 1.82) is 0 Å². The molecule has 0 radical (unpaired) electrons. The van der Waals surface area contributed by atoms with Crippen molar-refractivity contribution in [3.05, 3.63) is 66.0 Å². The van der Waals surface area contributed by atoms with Gasteiger partial charge in [-0.25, -0.2) is 9.97 Å². The van der Waals surface area contributed by atoms with E-state index in [4.69, 9.17) is 10.5 Å². The zero-order valence-corrected chi connectivity index (χ0v) is 14.3. The molecule has 6 nitrogen and oxygen atoms in total. The van der Waals surface area contributed by atoms with Gasteiger partial charge in [0, 0.05) is 12.2 Å². The van der Waals surface area contributed by atoms with E-state index in [9.17, 15) is 0 Å². The molecule has 0 saturated carbocycles. The lowest BCUT2D eigenvalue weighted by molar-refractivity contribution is 0.414. The molecule has 0 aliphatic rings. The highest BCUT2D eigenvalue weighted by Crippen LogP contribution is 2.26. The van der Waals surface area contributed by atoms with Crippen LogP contribution in [0.3, 0.4) is 0 Å². The van der Waals surface area contributed by atoms with Gasteiger partial charge in [-0.1, -0.05) is 29.8 Å². The highest BCUT2D eigenvalue weighted by Gasteiger charge is 2.08. The topological polar surface area (TPSA) is 85.1 Å². The number of nitrogens with one attached hydrogen (secondary N) is 2. The highest BCUT2D eigenvalue weighted by molar-refractivity contribution is 5.77. The molecule has 3 rings (SSSR count). The first-order valence-corrected chi connectivity index (χ1v) is 7.96. The monoisotopic (exact) mass is 335 g/mol. The molecule has 0 amide bonds. The summed E-state index contributed by atoms with van der Waals surface area (Å²) in [5.41, 5.74) is 9.91. The minimum Gasteiger partial charge on any atom is -0.497 e. The quantitative estimate of drug-likeness (QED) is 0.636. The summed E-state index contributed by atoms with van der Waals surface area (Å²) >= 11 is 0. The predicted molar refractivity (Wildman–Crippen MR) is 101 cm³/mol. The fourth-order valence-electron chi connectivity index (χ4n) is 2.34. The Kier molecular flexibility index (Phi) is 4.99. The summed E-state index contributed by atoms with van der Waals surface area (Å²) in [5.74, 6) is 2.01. The van der Waals surface area contributed by atoms with Gasteiger partial charge in [0.15, 0.2) is 11.6 Å². The van der Waals surface area contributed by atoms with Crippen molar-refractivity contribution in [2.24, 2.45) is 0 Å². The van der Waals surface area contributed by atoms with E-state index in [1.807, 2.05) is 55.5 Å². The van der Waals surface area contributed by atoms with Gasteiger partial charge in [-0.05, 0) is 36.8 Å². The van der Waals surface area contributed by atoms with Crippen molar-refractivity contribution in [3.8, 4) is 5.75 Å². The molecule has 0 atom stereocenters. The van der Waals surface area contributed by atoms with Crippen LogP contribution in [-0.4, -0.2) is 17.1 Å². The fraction of sp³-hybridized carbons (Fsp3) is 0.158. The smallest absolute Gasteiger partial charge is 0.159 e. The third-order valence-corrected chi connectivity index (χ3v) is 3.82. The summed E-state index contributed by atoms with van der Waals surface area (Å²) in [7, 11) is 1.65. The van der Waals surface area contributed by atoms with Gasteiger partial charge in [-0.3, -0.25) is 0 Å². The molecule has 3 aromatic rings. The van der Waals surface area contributed by atoms with E-state index in [0.29, 0.717) is 23.9 Å². The van der Waals surface area contributed by atoms with Crippen LogP contribution in [0.4, 0.5) is 23.0 Å². The molecule has 1 heterocycles. The van der Waals surface area contributed by atoms with E-state index in [-0.39, 0.29) is 0 Å². The molecule has 0 fully saturated rings. The highest BCUT2D eigenvalue weighted by atomic mass is 16.5. The van der Waals surface area contributed by atoms with Gasteiger partial charge in [0.05, 0.1) is 7.11 Å². The molecule has 0 bridgehead atoms. The maximum atomic E-state index is 6.20. The van der Waals surface area contributed by atoms with Crippen molar-refractivity contribution >= 4 is 23.0 Å². The zero-order valence-electron chi connectivity index (χ0n) is 14.3. The first-order chi connectivity index (χ1) is 12.2. The Morgan fingerprint density at radius 1 is 0.960 bits per heavy atom. The Labute approximate surface area is 147 Å². The molecule has 0 aliphatic heterocycles. The molecular formula is C19H21N5O. The molecular weight excluding hydrogens is 314 g/mol. The van der Waals surface area contributed by atoms with Gasteiger partial charge >= 0.3 is 0 Å². The number of aryl methyl sites for hydroxylation is 1. The van der Waals surface area contributed by atoms with Crippen LogP contribution in [0.5, 0.6) is 5.75 Å². The summed E-state index contributed by atoms with van der Waals surface area (Å²) in [5, 5.41) is 6.47. The molecule has 0 saturated heterocycles. The lowest BCUT2D eigenvalue weighted by Gasteiger charge is -2.13. The van der Waals surface area contributed by atoms with Crippen molar-refractivity contribution in [1.82, 2.24) is 9.97 Å². The number of hydrogen-bond donors (Lipinski definition) is 3. The first-order valence-electron chi connectivity index (χ1n) is 7.96. The second-order valence-electron chi connectivity index (χ2n) is 5.68. The molecule has 0 unspecified atom stereocenters. The molecule has 6 heteroatoms. The zero-order chi connectivity index (χ0) is 17.6. The van der Waals surface area contributed by atoms with E-state index >= 15 is 0 Å². The average molecular weight is 335 g/mol. The van der Waals surface area contributed by atoms with Gasteiger partial charge in [0.25, 0.3) is 0 Å². The molecule has 0 spiro atoms. The Balaban J connectivity index is 1.70. The third kappa shape index (κ3) is 4.17. The van der Waals surface area contributed by atoms with Crippen LogP contribution in [0.25, 0.3) is 0 Å². The average Bonchev–Trinajstić information content (AvgIpc) is 2.64. The van der Waals surface area contributed by atoms with E-state index in [2.05, 4.69) is 20.6 Å². The second-order valence-corrected chi connectivity index (χ2v) is 5.68. The van der Waals surface area contributed by atoms with Gasteiger partial charge in [0.2, 0.25) is 0 Å². The molecule has 1 aromatic heterocycles. The number of nitrogen functional groups attached to an aromatic ring is 1. The lowest BCUT2D eigenvalue weighted by Crippen LogP contribution is -2.08. The second kappa shape index (κ2) is 7.53. The van der Waals surface area contributed by atoms with E-state index in [1.165, 1.54) is 11.9 Å². The number of anilines is 4. The summed E-state index contributed by atoms with van der Waals surface area (Å²) in [6.07, 6.45) is 1.49. The van der Waals surface area contributed by atoms with Crippen molar-refractivity contribution in [2.45, 2.75) is 13.5 Å². The largest absolute Gasteiger partial charge is 0.497 e. The van der Waals surface area contributed by atoms with Crippen LogP contribution in [0.2, 0.25) is 0 Å². The summed E-state index contributed by atoms with van der Waals surface area (Å²) in [6.45, 7) is 2.65. The van der Waals surface area contributed by atoms with Crippen LogP contribution in [-0.2, 0) is 6.54 Å². The molecule has 2 aromatic carbocycles. The number of aromatic nitrogens is 2. The molecule has 4 N–H and O–H groups in total. The Hall–Kier alpha value is -3.28. The Morgan fingerprint density at radius 3 is 2.32 bits per heavy atom. The van der Waals surface area contributed by atoms with Gasteiger partial charge in [-0.2, -0.15) is 0 Å². The van der Waals surface area contributed by atoms with Crippen molar-refractivity contribution in [2.75, 3.05) is 23.5 Å². The van der Waals surface area contributed by atoms with Crippen molar-refractivity contribution in [3.63, 3.8) is 0 Å². The number of rotatable bonds is 6. The van der Waals surface area contributed by atoms with E-state index in [1.54, 1.807) is 7.11 Å². The normalized spacial score (nSPS) is 10.3. The maximum absolute atomic E-state index is 6.20. The van der Waals surface area contributed by atoms with Gasteiger partial charge in [0.1, 0.15) is 17.8 Å². The summed E-state index contributed by atoms with van der Waals surface area (Å²) < 4.78 is 5.16. The standard InChI is InChI=1S/C19H21N5O/c1-13-3-7-15(8-4-13)24-19-17(20)18(22-12-23-19)21-11-14-5-9-16(25-2)10-6-14/h3-10,12H,11,20H2,1-2H3,(H2,21,22,23,24). The number of nitrogens with zero attached hydrogens (tertiary/aromatic N) is 2. The number of benzene rings is 2. The SMILES string of the molecule is COc1ccc(CNc2ncnc(Nc3ccc(C)cc3)c2N)cc1. The fourth-order valence-corrected chi connectivity index (χ4v) is 2.34. The Morgan fingerprint density at radius 2 is 1.64 bits per heavy atom. The predicted octanol–water partition coefficient (Wildman–Crippen LogP) is 3.73. The van der Waals surface area contributed by atoms with Crippen LogP contribution >= 0.6 is 0 Å². The molecule has 0 aliphatic carbocycles. The number of nitrogens with two attached hydrogens (primary N) is 1. The third-order valence-electron chi connectivity index (χ3n) is 3.82. The van der Waals surface area contributed by atoms with Crippen LogP contribution in [0.1, 0.15) is 11.1 Å². The van der Waals surface area contributed by atoms with Crippen LogP contribution in [0.15, 0.2) is 54.9 Å². The van der Waals surface area contributed by atoms with Crippen LogP contribution < -0.4 is 21.1 Å². The molecule has 25 heavy (non-hydrogen) atoms. The van der Waals surface area contributed by atoms with Gasteiger partial charge in [-0.15, -0.1) is 0 Å². The van der Waals surface area contributed by atoms with Crippen molar-refractivity contribution < 1.29 is 4.74 Å². The lowest BCUT2D eigenvalue weighted by atomic mass is 10.2. The van der Waals surface area contributed by atoms with E-state index in [0.717, 1.165) is 17.0 Å². The summed E-state index contributed by atoms with van der Waals surface area (Å²) in [4.78, 5) is 8.46. The minimum absolute atomic E-state index is 0.483. The van der Waals surface area contributed by atoms with Crippen LogP contribution in [0, 0.1) is 6.92 Å². The number of methoxy groups -OCH3 is 1. The maximum Gasteiger partial charge on any atom is 0.159 e. The van der Waals surface area contributed by atoms with Gasteiger partial charge < -0.3 is 21.1 Å². The first kappa shape index (κ1) is 16.6. The number of hydrogen-bond acceptors (Lipinski definition) is 6. The minimum atomic E-state index is 0.483. The van der Waals surface area contributed by atoms with E-state index < -0.39 is 0 Å².